The third-order valence-electron chi connectivity index (χ3n) is 0.950. The van der Waals surface area contributed by atoms with Crippen LogP contribution in [0.15, 0.2) is 4.99 Å². The first-order chi connectivity index (χ1) is 4.81. The zero-order chi connectivity index (χ0) is 8.70. The first kappa shape index (κ1) is 8.82. The molecular formula is C3H8Cl2N6. The molecule has 0 fully saturated rings. The number of nitrogens with zero attached hydrogens (tertiary/aromatic N) is 1. The van der Waals surface area contributed by atoms with E-state index in [9.17, 15) is 0 Å². The van der Waals surface area contributed by atoms with Crippen molar-refractivity contribution in [2.45, 2.75) is 10.5 Å². The fraction of sp³-hybridized carbons (Fsp3) is 0.667. The fourth-order valence-electron chi connectivity index (χ4n) is 0.704. The van der Waals surface area contributed by atoms with Gasteiger partial charge in [-0.25, -0.2) is 5.32 Å². The molecular weight excluding hydrogens is 191 g/mol. The van der Waals surface area contributed by atoms with Crippen LogP contribution in [0.3, 0.4) is 0 Å². The zero-order valence-electron chi connectivity index (χ0n) is 5.44. The molecule has 2 atom stereocenters. The topological polar surface area (TPSA) is 114 Å². The van der Waals surface area contributed by atoms with Gasteiger partial charge in [0.1, 0.15) is 0 Å². The van der Waals surface area contributed by atoms with Crippen LogP contribution in [0.1, 0.15) is 0 Å². The highest BCUT2D eigenvalue weighted by atomic mass is 35.5. The number of aliphatic imine (C=N–C) groups is 1. The first-order valence-corrected chi connectivity index (χ1v) is 3.45. The molecule has 8 heteroatoms. The van der Waals surface area contributed by atoms with Crippen LogP contribution in [-0.4, -0.2) is 16.5 Å². The van der Waals surface area contributed by atoms with Gasteiger partial charge < -0.3 is 11.1 Å². The lowest BCUT2D eigenvalue weighted by atomic mass is 10.6. The summed E-state index contributed by atoms with van der Waals surface area (Å²) in [7, 11) is 0. The van der Waals surface area contributed by atoms with E-state index >= 15 is 0 Å². The Bertz CT molecular complexity index is 198. The van der Waals surface area contributed by atoms with E-state index in [1.165, 1.54) is 0 Å². The molecule has 1 aliphatic rings. The quantitative estimate of drug-likeness (QED) is 0.231. The first-order valence-electron chi connectivity index (χ1n) is 2.69. The summed E-state index contributed by atoms with van der Waals surface area (Å²) >= 11 is 11.1. The third kappa shape index (κ3) is 2.35. The molecule has 0 aromatic carbocycles. The van der Waals surface area contributed by atoms with Crippen LogP contribution >= 0.6 is 23.2 Å². The summed E-state index contributed by atoms with van der Waals surface area (Å²) in [6, 6.07) is 0. The largest absolute Gasteiger partial charge is 0.370 e. The van der Waals surface area contributed by atoms with Crippen LogP contribution in [0.5, 0.6) is 0 Å². The van der Waals surface area contributed by atoms with Gasteiger partial charge in [0, 0.05) is 0 Å². The summed E-state index contributed by atoms with van der Waals surface area (Å²) < 4.78 is 0. The number of alkyl halides is 2. The minimum absolute atomic E-state index is 0.0150. The Balaban J connectivity index is 2.86. The lowest BCUT2D eigenvalue weighted by molar-refractivity contribution is 0.327. The highest BCUT2D eigenvalue weighted by molar-refractivity contribution is 6.27. The zero-order valence-corrected chi connectivity index (χ0v) is 6.95. The van der Waals surface area contributed by atoms with Gasteiger partial charge in [0.25, 0.3) is 0 Å². The van der Waals surface area contributed by atoms with Crippen LogP contribution in [-0.2, 0) is 0 Å². The van der Waals surface area contributed by atoms with Crippen molar-refractivity contribution in [1.82, 2.24) is 10.6 Å². The van der Waals surface area contributed by atoms with Gasteiger partial charge in [0.15, 0.2) is 5.96 Å². The summed E-state index contributed by atoms with van der Waals surface area (Å²) in [6.07, 6.45) is 0. The molecule has 0 saturated heterocycles. The van der Waals surface area contributed by atoms with Crippen LogP contribution < -0.4 is 27.8 Å². The standard InChI is InChI=1S/C3H8Cl2N6/c4-2(7)9-1(6)10-3(5,8)11-2/h11H,7-8H2,(H3,6,9,10). The smallest absolute Gasteiger partial charge is 0.248 e. The van der Waals surface area contributed by atoms with Crippen molar-refractivity contribution in [1.29, 1.82) is 0 Å². The Hall–Kier alpha value is -0.270. The summed E-state index contributed by atoms with van der Waals surface area (Å²) in [6.45, 7) is 0. The van der Waals surface area contributed by atoms with E-state index in [2.05, 4.69) is 15.6 Å². The lowest BCUT2D eigenvalue weighted by Gasteiger charge is -2.35. The van der Waals surface area contributed by atoms with Crippen LogP contribution in [0.25, 0.3) is 0 Å². The van der Waals surface area contributed by atoms with Crippen molar-refractivity contribution >= 4 is 29.2 Å². The summed E-state index contributed by atoms with van der Waals surface area (Å²) in [5.74, 6) is -0.0150. The van der Waals surface area contributed by atoms with Crippen LogP contribution in [0.4, 0.5) is 0 Å². The predicted octanol–water partition coefficient (Wildman–Crippen LogP) is -1.89. The maximum absolute atomic E-state index is 5.58. The molecule has 1 heterocycles. The van der Waals surface area contributed by atoms with E-state index in [-0.39, 0.29) is 5.96 Å². The summed E-state index contributed by atoms with van der Waals surface area (Å²) in [5.41, 5.74) is 15.9. The van der Waals surface area contributed by atoms with E-state index in [0.29, 0.717) is 0 Å². The van der Waals surface area contributed by atoms with Gasteiger partial charge >= 0.3 is 0 Å². The molecule has 6 nitrogen and oxygen atoms in total. The van der Waals surface area contributed by atoms with Crippen molar-refractivity contribution in [2.75, 3.05) is 0 Å². The maximum atomic E-state index is 5.58. The number of nitrogens with one attached hydrogen (secondary N) is 2. The van der Waals surface area contributed by atoms with Crippen LogP contribution in [0, 0.1) is 0 Å². The molecule has 0 radical (unpaired) electrons. The fourth-order valence-corrected chi connectivity index (χ4v) is 1.23. The molecule has 8 N–H and O–H groups in total. The van der Waals surface area contributed by atoms with E-state index < -0.39 is 10.5 Å². The monoisotopic (exact) mass is 198 g/mol. The second-order valence-corrected chi connectivity index (χ2v) is 3.30. The van der Waals surface area contributed by atoms with Gasteiger partial charge in [-0.15, -0.1) is 0 Å². The number of hydrogen-bond acceptors (Lipinski definition) is 6. The average Bonchev–Trinajstić information content (AvgIpc) is 1.49. The number of guanidine groups is 1. The van der Waals surface area contributed by atoms with Gasteiger partial charge in [-0.2, -0.15) is 4.99 Å². The average molecular weight is 199 g/mol. The van der Waals surface area contributed by atoms with Crippen molar-refractivity contribution in [3.63, 3.8) is 0 Å². The third-order valence-corrected chi connectivity index (χ3v) is 1.32. The second-order valence-electron chi connectivity index (χ2n) is 2.13. The van der Waals surface area contributed by atoms with Crippen molar-refractivity contribution < 1.29 is 0 Å². The summed E-state index contributed by atoms with van der Waals surface area (Å²) in [4.78, 5) is 3.56. The molecule has 0 aromatic heterocycles. The minimum Gasteiger partial charge on any atom is -0.370 e. The van der Waals surface area contributed by atoms with E-state index in [1.54, 1.807) is 0 Å². The highest BCUT2D eigenvalue weighted by Crippen LogP contribution is 2.13. The normalized spacial score (nSPS) is 44.5. The van der Waals surface area contributed by atoms with Gasteiger partial charge in [-0.1, -0.05) is 23.2 Å². The Morgan fingerprint density at radius 1 is 1.36 bits per heavy atom. The molecule has 0 aliphatic carbocycles. The second kappa shape index (κ2) is 2.36. The Morgan fingerprint density at radius 3 is 2.27 bits per heavy atom. The lowest BCUT2D eigenvalue weighted by Crippen LogP contribution is -2.73. The number of halogens is 2. The molecule has 0 aromatic rings. The van der Waals surface area contributed by atoms with E-state index in [4.69, 9.17) is 40.4 Å². The Labute approximate surface area is 73.1 Å². The molecule has 1 rings (SSSR count). The number of nitrogens with two attached hydrogens (primary N) is 3. The Kier molecular flexibility index (Phi) is 1.89. The molecule has 0 saturated carbocycles. The molecule has 0 amide bonds. The number of hydrogen-bond donors (Lipinski definition) is 5. The van der Waals surface area contributed by atoms with E-state index in [0.717, 1.165) is 0 Å². The molecule has 11 heavy (non-hydrogen) atoms. The molecule has 64 valence electrons. The van der Waals surface area contributed by atoms with Gasteiger partial charge in [-0.05, 0) is 0 Å². The molecule has 1 aliphatic heterocycles. The summed E-state index contributed by atoms with van der Waals surface area (Å²) in [5, 5.41) is 1.77. The highest BCUT2D eigenvalue weighted by Gasteiger charge is 2.37. The van der Waals surface area contributed by atoms with Gasteiger partial charge in [-0.3, -0.25) is 11.5 Å². The minimum atomic E-state index is -1.55. The maximum Gasteiger partial charge on any atom is 0.248 e. The predicted molar refractivity (Wildman–Crippen MR) is 43.4 cm³/mol. The van der Waals surface area contributed by atoms with Gasteiger partial charge in [0.2, 0.25) is 10.5 Å². The van der Waals surface area contributed by atoms with Crippen LogP contribution in [0.2, 0.25) is 0 Å². The van der Waals surface area contributed by atoms with Crippen molar-refractivity contribution in [2.24, 2.45) is 22.2 Å². The molecule has 0 spiro atoms. The van der Waals surface area contributed by atoms with Gasteiger partial charge in [0.05, 0.1) is 0 Å². The Morgan fingerprint density at radius 2 is 1.91 bits per heavy atom. The van der Waals surface area contributed by atoms with E-state index in [1.807, 2.05) is 0 Å². The molecule has 2 unspecified atom stereocenters. The van der Waals surface area contributed by atoms with Crippen molar-refractivity contribution in [3.8, 4) is 0 Å². The SMILES string of the molecule is NC1=NC(N)(Cl)NC(N)(Cl)N1. The van der Waals surface area contributed by atoms with Crippen molar-refractivity contribution in [3.05, 3.63) is 0 Å². The molecule has 0 bridgehead atoms. The number of rotatable bonds is 0.